The van der Waals surface area contributed by atoms with E-state index >= 15 is 0 Å². The number of carbonyl (C=O) groups is 2. The van der Waals surface area contributed by atoms with Crippen LogP contribution in [-0.4, -0.2) is 30.5 Å². The highest BCUT2D eigenvalue weighted by Crippen LogP contribution is 2.22. The number of ether oxygens (including phenoxy) is 2. The molecule has 18 heavy (non-hydrogen) atoms. The predicted molar refractivity (Wildman–Crippen MR) is 61.4 cm³/mol. The molecule has 0 aromatic heterocycles. The predicted octanol–water partition coefficient (Wildman–Crippen LogP) is 0.0648. The molecule has 0 spiro atoms. The molecule has 2 amide bonds. The van der Waals surface area contributed by atoms with Crippen LogP contribution in [0.5, 0.6) is 0 Å². The van der Waals surface area contributed by atoms with Gasteiger partial charge in [-0.05, 0) is 5.56 Å². The average Bonchev–Trinajstić information content (AvgIpc) is 2.35. The van der Waals surface area contributed by atoms with E-state index in [9.17, 15) is 14.7 Å². The highest BCUT2D eigenvalue weighted by Gasteiger charge is 2.32. The number of rotatable bonds is 5. The Morgan fingerprint density at radius 3 is 1.89 bits per heavy atom. The Morgan fingerprint density at radius 2 is 1.50 bits per heavy atom. The first-order valence-electron chi connectivity index (χ1n) is 5.06. The highest BCUT2D eigenvalue weighted by atomic mass is 16.6. The van der Waals surface area contributed by atoms with Crippen molar-refractivity contribution in [2.45, 2.75) is 5.60 Å². The Balaban J connectivity index is 2.86. The number of carbonyl (C=O) groups excluding carboxylic acids is 2. The van der Waals surface area contributed by atoms with Crippen molar-refractivity contribution in [3.63, 3.8) is 0 Å². The van der Waals surface area contributed by atoms with Crippen LogP contribution in [0.25, 0.3) is 0 Å². The number of hydrogen-bond acceptors (Lipinski definition) is 5. The number of benzene rings is 1. The fourth-order valence-electron chi connectivity index (χ4n) is 1.34. The number of nitrogens with two attached hydrogens (primary N) is 2. The molecule has 0 heterocycles. The first-order valence-corrected chi connectivity index (χ1v) is 5.06. The van der Waals surface area contributed by atoms with Crippen molar-refractivity contribution in [2.24, 2.45) is 11.5 Å². The van der Waals surface area contributed by atoms with Gasteiger partial charge < -0.3 is 26.0 Å². The van der Waals surface area contributed by atoms with E-state index in [1.165, 1.54) is 0 Å². The van der Waals surface area contributed by atoms with Gasteiger partial charge in [0.2, 0.25) is 0 Å². The first-order chi connectivity index (χ1) is 8.44. The van der Waals surface area contributed by atoms with Crippen LogP contribution in [0.4, 0.5) is 9.59 Å². The molecule has 0 saturated carbocycles. The lowest BCUT2D eigenvalue weighted by molar-refractivity contribution is -0.0646. The molecule has 7 nitrogen and oxygen atoms in total. The average molecular weight is 254 g/mol. The third-order valence-corrected chi connectivity index (χ3v) is 2.22. The van der Waals surface area contributed by atoms with Gasteiger partial charge in [-0.25, -0.2) is 9.59 Å². The molecule has 98 valence electrons. The molecular formula is C11H14N2O5. The van der Waals surface area contributed by atoms with Crippen LogP contribution in [0.3, 0.4) is 0 Å². The first kappa shape index (κ1) is 13.8. The summed E-state index contributed by atoms with van der Waals surface area (Å²) in [6.45, 7) is -0.890. The van der Waals surface area contributed by atoms with Crippen LogP contribution >= 0.6 is 0 Å². The van der Waals surface area contributed by atoms with Crippen LogP contribution in [-0.2, 0) is 15.1 Å². The number of amides is 2. The fourth-order valence-corrected chi connectivity index (χ4v) is 1.34. The lowest BCUT2D eigenvalue weighted by atomic mass is 9.96. The number of primary amides is 2. The van der Waals surface area contributed by atoms with Gasteiger partial charge in [-0.2, -0.15) is 0 Å². The monoisotopic (exact) mass is 254 g/mol. The summed E-state index contributed by atoms with van der Waals surface area (Å²) in [5.41, 5.74) is 8.38. The molecule has 1 aromatic rings. The molecule has 0 radical (unpaired) electrons. The molecule has 0 fully saturated rings. The lowest BCUT2D eigenvalue weighted by Gasteiger charge is -2.26. The third-order valence-electron chi connectivity index (χ3n) is 2.22. The van der Waals surface area contributed by atoms with Crippen LogP contribution in [0.2, 0.25) is 0 Å². The molecule has 0 saturated heterocycles. The second-order valence-corrected chi connectivity index (χ2v) is 3.61. The van der Waals surface area contributed by atoms with Gasteiger partial charge >= 0.3 is 12.2 Å². The molecule has 0 unspecified atom stereocenters. The minimum atomic E-state index is -1.69. The normalized spacial score (nSPS) is 10.7. The van der Waals surface area contributed by atoms with Crippen LogP contribution in [0.15, 0.2) is 30.3 Å². The topological polar surface area (TPSA) is 125 Å². The van der Waals surface area contributed by atoms with Crippen molar-refractivity contribution in [2.75, 3.05) is 13.2 Å². The summed E-state index contributed by atoms with van der Waals surface area (Å²) < 4.78 is 9.10. The van der Waals surface area contributed by atoms with E-state index in [0.29, 0.717) is 5.56 Å². The smallest absolute Gasteiger partial charge is 0.404 e. The van der Waals surface area contributed by atoms with Crippen LogP contribution in [0.1, 0.15) is 5.56 Å². The van der Waals surface area contributed by atoms with Gasteiger partial charge in [0.25, 0.3) is 0 Å². The highest BCUT2D eigenvalue weighted by molar-refractivity contribution is 5.65. The molecule has 0 aliphatic carbocycles. The molecule has 0 bridgehead atoms. The molecular weight excluding hydrogens is 240 g/mol. The van der Waals surface area contributed by atoms with E-state index in [2.05, 4.69) is 9.47 Å². The van der Waals surface area contributed by atoms with E-state index in [0.717, 1.165) is 0 Å². The standard InChI is InChI=1S/C11H14N2O5/c12-9(14)17-6-11(16,7-18-10(13)15)8-4-2-1-3-5-8/h1-5,16H,6-7H2,(H2,12,14)(H2,13,15). The molecule has 5 N–H and O–H groups in total. The van der Waals surface area contributed by atoms with E-state index in [1.54, 1.807) is 30.3 Å². The third kappa shape index (κ3) is 3.95. The molecule has 0 aliphatic rings. The second kappa shape index (κ2) is 5.87. The van der Waals surface area contributed by atoms with E-state index in [4.69, 9.17) is 11.5 Å². The van der Waals surface area contributed by atoms with E-state index in [-0.39, 0.29) is 0 Å². The lowest BCUT2D eigenvalue weighted by Crippen LogP contribution is -2.40. The minimum absolute atomic E-state index is 0.410. The number of hydrogen-bond donors (Lipinski definition) is 3. The second-order valence-electron chi connectivity index (χ2n) is 3.61. The summed E-state index contributed by atoms with van der Waals surface area (Å²) in [4.78, 5) is 21.1. The van der Waals surface area contributed by atoms with Gasteiger partial charge in [0.15, 0.2) is 5.60 Å². The van der Waals surface area contributed by atoms with Gasteiger partial charge in [-0.3, -0.25) is 0 Å². The summed E-state index contributed by atoms with van der Waals surface area (Å²) in [5, 5.41) is 10.3. The molecule has 7 heteroatoms. The van der Waals surface area contributed by atoms with E-state index in [1.807, 2.05) is 0 Å². The Labute approximate surface area is 103 Å². The maximum atomic E-state index is 10.6. The summed E-state index contributed by atoms with van der Waals surface area (Å²) in [6.07, 6.45) is -2.08. The Kier molecular flexibility index (Phi) is 4.50. The van der Waals surface area contributed by atoms with Gasteiger partial charge in [0.1, 0.15) is 13.2 Å². The molecule has 1 rings (SSSR count). The molecule has 0 aliphatic heterocycles. The maximum absolute atomic E-state index is 10.6. The zero-order chi connectivity index (χ0) is 13.6. The zero-order valence-electron chi connectivity index (χ0n) is 9.54. The zero-order valence-corrected chi connectivity index (χ0v) is 9.54. The van der Waals surface area contributed by atoms with Crippen molar-refractivity contribution < 1.29 is 24.2 Å². The number of aliphatic hydroxyl groups is 1. The largest absolute Gasteiger partial charge is 0.446 e. The molecule has 0 atom stereocenters. The minimum Gasteiger partial charge on any atom is -0.446 e. The van der Waals surface area contributed by atoms with Crippen molar-refractivity contribution >= 4 is 12.2 Å². The summed E-state index contributed by atoms with van der Waals surface area (Å²) >= 11 is 0. The van der Waals surface area contributed by atoms with Gasteiger partial charge in [-0.1, -0.05) is 30.3 Å². The Bertz CT molecular complexity index is 403. The molecule has 1 aromatic carbocycles. The van der Waals surface area contributed by atoms with Gasteiger partial charge in [0, 0.05) is 0 Å². The summed E-state index contributed by atoms with van der Waals surface area (Å²) in [5.74, 6) is 0. The van der Waals surface area contributed by atoms with Crippen molar-refractivity contribution in [3.8, 4) is 0 Å². The van der Waals surface area contributed by atoms with Crippen molar-refractivity contribution in [1.29, 1.82) is 0 Å². The summed E-state index contributed by atoms with van der Waals surface area (Å²) in [6, 6.07) is 8.28. The fraction of sp³-hybridized carbons (Fsp3) is 0.273. The maximum Gasteiger partial charge on any atom is 0.404 e. The van der Waals surface area contributed by atoms with Crippen molar-refractivity contribution in [3.05, 3.63) is 35.9 Å². The van der Waals surface area contributed by atoms with Gasteiger partial charge in [0.05, 0.1) is 0 Å². The summed E-state index contributed by atoms with van der Waals surface area (Å²) in [7, 11) is 0. The van der Waals surface area contributed by atoms with Crippen LogP contribution in [0, 0.1) is 0 Å². The van der Waals surface area contributed by atoms with E-state index < -0.39 is 31.0 Å². The quantitative estimate of drug-likeness (QED) is 0.685. The van der Waals surface area contributed by atoms with Gasteiger partial charge in [-0.15, -0.1) is 0 Å². The van der Waals surface area contributed by atoms with Crippen molar-refractivity contribution in [1.82, 2.24) is 0 Å². The SMILES string of the molecule is NC(=O)OCC(O)(COC(N)=O)c1ccccc1. The Hall–Kier alpha value is -2.28. The Morgan fingerprint density at radius 1 is 1.06 bits per heavy atom. The van der Waals surface area contributed by atoms with Crippen LogP contribution < -0.4 is 11.5 Å².